The highest BCUT2D eigenvalue weighted by molar-refractivity contribution is 5.72. The van der Waals surface area contributed by atoms with Gasteiger partial charge in [-0.2, -0.15) is 0 Å². The number of aromatic hydroxyl groups is 1. The van der Waals surface area contributed by atoms with Crippen molar-refractivity contribution in [3.63, 3.8) is 0 Å². The predicted octanol–water partition coefficient (Wildman–Crippen LogP) is 4.38. The van der Waals surface area contributed by atoms with Crippen molar-refractivity contribution < 1.29 is 24.4 Å². The van der Waals surface area contributed by atoms with Crippen LogP contribution in [0.4, 0.5) is 0 Å². The zero-order valence-corrected chi connectivity index (χ0v) is 18.7. The Hall–Kier alpha value is -4.01. The lowest BCUT2D eigenvalue weighted by Crippen LogP contribution is -2.01. The van der Waals surface area contributed by atoms with Gasteiger partial charge in [0.1, 0.15) is 12.4 Å². The Labute approximate surface area is 196 Å². The van der Waals surface area contributed by atoms with E-state index in [0.717, 1.165) is 16.7 Å². The van der Waals surface area contributed by atoms with Crippen molar-refractivity contribution >= 4 is 0 Å². The Balaban J connectivity index is 1.60. The third kappa shape index (κ3) is 4.54. The molecule has 8 heteroatoms. The predicted molar refractivity (Wildman–Crippen MR) is 125 cm³/mol. The Morgan fingerprint density at radius 1 is 0.882 bits per heavy atom. The van der Waals surface area contributed by atoms with Crippen LogP contribution in [0, 0.1) is 0 Å². The summed E-state index contributed by atoms with van der Waals surface area (Å²) in [4.78, 5) is 14.0. The zero-order valence-electron chi connectivity index (χ0n) is 18.7. The first-order chi connectivity index (χ1) is 16.5. The topological polar surface area (TPSA) is 110 Å². The number of para-hydroxylation sites is 1. The minimum absolute atomic E-state index is 0.0502. The number of hydrogen-bond acceptors (Lipinski definition) is 8. The van der Waals surface area contributed by atoms with Gasteiger partial charge in [0.25, 0.3) is 0 Å². The molecule has 1 aliphatic heterocycles. The number of phenolic OH excluding ortho intramolecular Hbond substituents is 1. The van der Waals surface area contributed by atoms with Crippen LogP contribution in [0.3, 0.4) is 0 Å². The lowest BCUT2D eigenvalue weighted by atomic mass is 10.1. The van der Waals surface area contributed by atoms with Crippen LogP contribution in [0.2, 0.25) is 0 Å². The quantitative estimate of drug-likeness (QED) is 0.394. The monoisotopic (exact) mass is 457 g/mol. The van der Waals surface area contributed by atoms with Crippen molar-refractivity contribution in [1.82, 2.24) is 15.0 Å². The van der Waals surface area contributed by atoms with Crippen LogP contribution < -0.4 is 9.47 Å². The standard InChI is InChI=1S/C26H23N3O5/c1-15(30)16-6-8-17(9-7-16)24-27-25(18-10-12-19(13-11-18)34-22-14-33-22)29-26(28-24)20-4-3-5-21(32-2)23(20)31/h3-13,15,22,30-31H,14H2,1-2H3. The second-order valence-corrected chi connectivity index (χ2v) is 7.87. The number of ether oxygens (including phenoxy) is 3. The molecular formula is C26H23N3O5. The van der Waals surface area contributed by atoms with Crippen molar-refractivity contribution in [2.24, 2.45) is 0 Å². The largest absolute Gasteiger partial charge is 0.504 e. The van der Waals surface area contributed by atoms with Crippen LogP contribution in [-0.4, -0.2) is 45.2 Å². The summed E-state index contributed by atoms with van der Waals surface area (Å²) in [5.41, 5.74) is 2.73. The molecule has 2 heterocycles. The second-order valence-electron chi connectivity index (χ2n) is 7.87. The fourth-order valence-corrected chi connectivity index (χ4v) is 3.47. The normalized spacial score (nSPS) is 15.6. The number of aliphatic hydroxyl groups excluding tert-OH is 1. The van der Waals surface area contributed by atoms with Gasteiger partial charge < -0.3 is 24.4 Å². The summed E-state index contributed by atoms with van der Waals surface area (Å²) in [5, 5.41) is 20.5. The Morgan fingerprint density at radius 2 is 1.47 bits per heavy atom. The van der Waals surface area contributed by atoms with E-state index in [1.54, 1.807) is 25.1 Å². The van der Waals surface area contributed by atoms with E-state index < -0.39 is 6.10 Å². The molecule has 3 aromatic carbocycles. The lowest BCUT2D eigenvalue weighted by molar-refractivity contribution is 0.179. The zero-order chi connectivity index (χ0) is 23.7. The molecule has 0 amide bonds. The lowest BCUT2D eigenvalue weighted by Gasteiger charge is -2.12. The molecule has 34 heavy (non-hydrogen) atoms. The molecule has 172 valence electrons. The Kier molecular flexibility index (Phi) is 5.83. The maximum Gasteiger partial charge on any atom is 0.223 e. The van der Waals surface area contributed by atoms with Gasteiger partial charge in [0.05, 0.1) is 18.8 Å². The van der Waals surface area contributed by atoms with Crippen LogP contribution in [0.1, 0.15) is 18.6 Å². The van der Waals surface area contributed by atoms with Gasteiger partial charge in [0.15, 0.2) is 29.0 Å². The average Bonchev–Trinajstić information content (AvgIpc) is 3.68. The number of epoxide rings is 1. The van der Waals surface area contributed by atoms with Gasteiger partial charge in [-0.15, -0.1) is 0 Å². The molecule has 0 spiro atoms. The Morgan fingerprint density at radius 3 is 2.03 bits per heavy atom. The van der Waals surface area contributed by atoms with Crippen LogP contribution in [0.15, 0.2) is 66.7 Å². The van der Waals surface area contributed by atoms with E-state index in [2.05, 4.69) is 15.0 Å². The van der Waals surface area contributed by atoms with E-state index in [9.17, 15) is 10.2 Å². The number of nitrogens with zero attached hydrogens (tertiary/aromatic N) is 3. The minimum atomic E-state index is -0.575. The van der Waals surface area contributed by atoms with E-state index in [1.165, 1.54) is 7.11 Å². The highest BCUT2D eigenvalue weighted by Gasteiger charge is 2.24. The first-order valence-corrected chi connectivity index (χ1v) is 10.8. The molecule has 1 fully saturated rings. The molecule has 8 nitrogen and oxygen atoms in total. The van der Waals surface area contributed by atoms with Gasteiger partial charge in [-0.3, -0.25) is 0 Å². The maximum atomic E-state index is 10.7. The number of phenols is 1. The minimum Gasteiger partial charge on any atom is -0.504 e. The summed E-state index contributed by atoms with van der Waals surface area (Å²) < 4.78 is 16.0. The van der Waals surface area contributed by atoms with E-state index in [1.807, 2.05) is 48.5 Å². The molecule has 1 aromatic heterocycles. The summed E-state index contributed by atoms with van der Waals surface area (Å²) in [6.45, 7) is 2.31. The number of aromatic nitrogens is 3. The first kappa shape index (κ1) is 21.8. The number of hydrogen-bond donors (Lipinski definition) is 2. The fraction of sp³-hybridized carbons (Fsp3) is 0.192. The molecule has 2 atom stereocenters. The number of rotatable bonds is 7. The Bertz CT molecular complexity index is 1300. The molecule has 5 rings (SSSR count). The van der Waals surface area contributed by atoms with Crippen LogP contribution in [0.5, 0.6) is 17.2 Å². The molecule has 0 aliphatic carbocycles. The van der Waals surface area contributed by atoms with Crippen LogP contribution in [0.25, 0.3) is 34.2 Å². The first-order valence-electron chi connectivity index (χ1n) is 10.8. The molecule has 0 bridgehead atoms. The van der Waals surface area contributed by atoms with Crippen molar-refractivity contribution in [2.75, 3.05) is 13.7 Å². The van der Waals surface area contributed by atoms with Gasteiger partial charge >= 0.3 is 0 Å². The fourth-order valence-electron chi connectivity index (χ4n) is 3.47. The molecule has 0 radical (unpaired) electrons. The van der Waals surface area contributed by atoms with Crippen molar-refractivity contribution in [3.8, 4) is 51.4 Å². The number of benzene rings is 3. The maximum absolute atomic E-state index is 10.7. The molecule has 2 unspecified atom stereocenters. The van der Waals surface area contributed by atoms with E-state index in [-0.39, 0.29) is 12.0 Å². The van der Waals surface area contributed by atoms with Gasteiger partial charge in [0, 0.05) is 11.1 Å². The summed E-state index contributed by atoms with van der Waals surface area (Å²) >= 11 is 0. The van der Waals surface area contributed by atoms with Crippen molar-refractivity contribution in [2.45, 2.75) is 19.3 Å². The van der Waals surface area contributed by atoms with Crippen molar-refractivity contribution in [1.29, 1.82) is 0 Å². The molecule has 2 N–H and O–H groups in total. The van der Waals surface area contributed by atoms with E-state index in [0.29, 0.717) is 41.1 Å². The smallest absolute Gasteiger partial charge is 0.223 e. The van der Waals surface area contributed by atoms with Gasteiger partial charge in [-0.05, 0) is 48.9 Å². The molecule has 0 saturated carbocycles. The average molecular weight is 457 g/mol. The molecule has 1 saturated heterocycles. The summed E-state index contributed by atoms with van der Waals surface area (Å²) in [7, 11) is 1.49. The summed E-state index contributed by atoms with van der Waals surface area (Å²) in [5.74, 6) is 2.15. The number of aliphatic hydroxyl groups is 1. The summed E-state index contributed by atoms with van der Waals surface area (Å²) in [6, 6.07) is 19.9. The second kappa shape index (κ2) is 9.09. The third-order valence-electron chi connectivity index (χ3n) is 5.43. The van der Waals surface area contributed by atoms with Gasteiger partial charge in [0.2, 0.25) is 6.29 Å². The van der Waals surface area contributed by atoms with Crippen LogP contribution in [-0.2, 0) is 4.74 Å². The highest BCUT2D eigenvalue weighted by atomic mass is 16.8. The van der Waals surface area contributed by atoms with E-state index in [4.69, 9.17) is 14.2 Å². The van der Waals surface area contributed by atoms with Gasteiger partial charge in [-0.1, -0.05) is 30.3 Å². The molecule has 1 aliphatic rings. The van der Waals surface area contributed by atoms with Crippen molar-refractivity contribution in [3.05, 3.63) is 72.3 Å². The molecular weight excluding hydrogens is 434 g/mol. The number of methoxy groups -OCH3 is 1. The van der Waals surface area contributed by atoms with Crippen LogP contribution >= 0.6 is 0 Å². The third-order valence-corrected chi connectivity index (χ3v) is 5.43. The highest BCUT2D eigenvalue weighted by Crippen LogP contribution is 2.36. The summed E-state index contributed by atoms with van der Waals surface area (Å²) in [6.07, 6.45) is -0.754. The van der Waals surface area contributed by atoms with E-state index >= 15 is 0 Å². The molecule has 4 aromatic rings. The SMILES string of the molecule is COc1cccc(-c2nc(-c3ccc(OC4CO4)cc3)nc(-c3ccc(C(C)O)cc3)n2)c1O. The van der Waals surface area contributed by atoms with Gasteiger partial charge in [-0.25, -0.2) is 15.0 Å².